The predicted octanol–water partition coefficient (Wildman–Crippen LogP) is 10.4. The molecule has 4 saturated carbocycles. The standard InChI is InChI=1S/2C20H34O2/c1-15-3-8-18(9-4-15)19-10-5-17(6-11-19)7-12-20-21-13-16(2)14-22-20;1-15-3-7-17(8-4-15)9-10-18-13-21-20(22-14-18)19-11-5-16(2)6-12-19/h7,12,15-20H,3-6,8-11,13-14H2,1-2H3;9-10,15-20H,3-8,11-14H2,1-2H3/b12-7+;10-9+. The Hall–Kier alpha value is -0.680. The minimum atomic E-state index is -0.0891. The van der Waals surface area contributed by atoms with Gasteiger partial charge >= 0.3 is 0 Å². The van der Waals surface area contributed by atoms with Gasteiger partial charge in [0.05, 0.1) is 26.4 Å². The second kappa shape index (κ2) is 18.0. The highest BCUT2D eigenvalue weighted by Gasteiger charge is 2.32. The van der Waals surface area contributed by atoms with E-state index in [0.717, 1.165) is 67.9 Å². The highest BCUT2D eigenvalue weighted by atomic mass is 16.7. The zero-order valence-electron chi connectivity index (χ0n) is 29.0. The molecule has 44 heavy (non-hydrogen) atoms. The van der Waals surface area contributed by atoms with Gasteiger partial charge in [-0.25, -0.2) is 0 Å². The largest absolute Gasteiger partial charge is 0.352 e. The van der Waals surface area contributed by atoms with Crippen LogP contribution in [-0.4, -0.2) is 39.0 Å². The van der Waals surface area contributed by atoms with Gasteiger partial charge in [0.2, 0.25) is 0 Å². The van der Waals surface area contributed by atoms with Gasteiger partial charge in [0.15, 0.2) is 12.6 Å². The van der Waals surface area contributed by atoms with Crippen molar-refractivity contribution in [2.45, 2.75) is 143 Å². The lowest BCUT2D eigenvalue weighted by atomic mass is 9.69. The Morgan fingerprint density at radius 2 is 0.727 bits per heavy atom. The van der Waals surface area contributed by atoms with E-state index >= 15 is 0 Å². The molecule has 0 aromatic rings. The number of hydrogen-bond acceptors (Lipinski definition) is 4. The fourth-order valence-electron chi connectivity index (χ4n) is 8.81. The van der Waals surface area contributed by atoms with Crippen LogP contribution in [0.25, 0.3) is 0 Å². The van der Waals surface area contributed by atoms with Crippen molar-refractivity contribution in [3.8, 4) is 0 Å². The van der Waals surface area contributed by atoms with Crippen molar-refractivity contribution in [3.05, 3.63) is 24.3 Å². The van der Waals surface area contributed by atoms with Gasteiger partial charge in [0.1, 0.15) is 0 Å². The molecule has 4 aliphatic carbocycles. The number of rotatable bonds is 6. The van der Waals surface area contributed by atoms with Gasteiger partial charge in [0, 0.05) is 17.8 Å². The molecule has 0 spiro atoms. The van der Waals surface area contributed by atoms with Gasteiger partial charge in [-0.15, -0.1) is 0 Å². The summed E-state index contributed by atoms with van der Waals surface area (Å²) in [6, 6.07) is 0. The van der Waals surface area contributed by atoms with Gasteiger partial charge in [-0.1, -0.05) is 84.4 Å². The molecule has 0 aromatic heterocycles. The lowest BCUT2D eigenvalue weighted by molar-refractivity contribution is -0.222. The minimum Gasteiger partial charge on any atom is -0.352 e. The van der Waals surface area contributed by atoms with Crippen molar-refractivity contribution in [1.29, 1.82) is 0 Å². The highest BCUT2D eigenvalue weighted by molar-refractivity contribution is 4.96. The Kier molecular flexibility index (Phi) is 14.2. The first-order valence-electron chi connectivity index (χ1n) is 19.2. The van der Waals surface area contributed by atoms with E-state index in [2.05, 4.69) is 52.0 Å². The van der Waals surface area contributed by atoms with E-state index in [-0.39, 0.29) is 12.6 Å². The van der Waals surface area contributed by atoms with Crippen molar-refractivity contribution < 1.29 is 18.9 Å². The molecule has 0 radical (unpaired) electrons. The summed E-state index contributed by atoms with van der Waals surface area (Å²) in [6.07, 6.45) is 31.7. The predicted molar refractivity (Wildman–Crippen MR) is 181 cm³/mol. The quantitative estimate of drug-likeness (QED) is 0.280. The van der Waals surface area contributed by atoms with E-state index < -0.39 is 0 Å². The molecule has 252 valence electrons. The topological polar surface area (TPSA) is 36.9 Å². The maximum Gasteiger partial charge on any atom is 0.176 e. The van der Waals surface area contributed by atoms with Crippen molar-refractivity contribution in [2.75, 3.05) is 26.4 Å². The third-order valence-electron chi connectivity index (χ3n) is 12.3. The molecule has 0 atom stereocenters. The first-order valence-corrected chi connectivity index (χ1v) is 19.2. The van der Waals surface area contributed by atoms with E-state index in [0.29, 0.717) is 17.8 Å². The molecule has 2 heterocycles. The van der Waals surface area contributed by atoms with Crippen molar-refractivity contribution in [3.63, 3.8) is 0 Å². The zero-order chi connectivity index (χ0) is 30.7. The van der Waals surface area contributed by atoms with Gasteiger partial charge in [-0.2, -0.15) is 0 Å². The van der Waals surface area contributed by atoms with E-state index in [1.54, 1.807) is 0 Å². The van der Waals surface area contributed by atoms with Crippen LogP contribution in [0, 0.1) is 59.2 Å². The molecule has 0 bridgehead atoms. The second-order valence-electron chi connectivity index (χ2n) is 16.4. The van der Waals surface area contributed by atoms with Crippen LogP contribution in [0.5, 0.6) is 0 Å². The lowest BCUT2D eigenvalue weighted by Gasteiger charge is -2.36. The van der Waals surface area contributed by atoms with Gasteiger partial charge < -0.3 is 18.9 Å². The second-order valence-corrected chi connectivity index (χ2v) is 16.4. The van der Waals surface area contributed by atoms with Crippen LogP contribution in [0.1, 0.15) is 130 Å². The van der Waals surface area contributed by atoms with E-state index in [4.69, 9.17) is 18.9 Å². The summed E-state index contributed by atoms with van der Waals surface area (Å²) in [4.78, 5) is 0. The smallest absolute Gasteiger partial charge is 0.176 e. The van der Waals surface area contributed by atoms with Crippen LogP contribution >= 0.6 is 0 Å². The average Bonchev–Trinajstić information content (AvgIpc) is 3.06. The Morgan fingerprint density at radius 1 is 0.341 bits per heavy atom. The molecule has 4 nitrogen and oxygen atoms in total. The van der Waals surface area contributed by atoms with E-state index in [9.17, 15) is 0 Å². The van der Waals surface area contributed by atoms with Crippen LogP contribution < -0.4 is 0 Å². The molecule has 6 aliphatic rings. The van der Waals surface area contributed by atoms with Crippen LogP contribution in [0.4, 0.5) is 0 Å². The van der Waals surface area contributed by atoms with Crippen molar-refractivity contribution in [2.24, 2.45) is 59.2 Å². The van der Waals surface area contributed by atoms with Crippen molar-refractivity contribution >= 4 is 0 Å². The molecule has 6 fully saturated rings. The fourth-order valence-corrected chi connectivity index (χ4v) is 8.81. The molecule has 6 rings (SSSR count). The Bertz CT molecular complexity index is 751. The highest BCUT2D eigenvalue weighted by Crippen LogP contribution is 2.41. The minimum absolute atomic E-state index is 0.0766. The normalized spacial score (nSPS) is 44.3. The van der Waals surface area contributed by atoms with Gasteiger partial charge in [-0.05, 0) is 112 Å². The van der Waals surface area contributed by atoms with E-state index in [1.807, 2.05) is 0 Å². The van der Waals surface area contributed by atoms with Gasteiger partial charge in [0.25, 0.3) is 0 Å². The van der Waals surface area contributed by atoms with Crippen molar-refractivity contribution in [1.82, 2.24) is 0 Å². The maximum atomic E-state index is 6.05. The summed E-state index contributed by atoms with van der Waals surface area (Å²) in [6.45, 7) is 12.7. The summed E-state index contributed by atoms with van der Waals surface area (Å²) in [5.74, 6) is 8.07. The molecular formula is C40H68O4. The number of allylic oxidation sites excluding steroid dienone is 2. The van der Waals surface area contributed by atoms with Gasteiger partial charge in [-0.3, -0.25) is 0 Å². The van der Waals surface area contributed by atoms with E-state index in [1.165, 1.54) is 103 Å². The number of hydrogen-bond donors (Lipinski definition) is 0. The average molecular weight is 613 g/mol. The molecule has 2 saturated heterocycles. The zero-order valence-corrected chi connectivity index (χ0v) is 29.0. The third-order valence-corrected chi connectivity index (χ3v) is 12.3. The first kappa shape index (κ1) is 34.6. The molecule has 0 N–H and O–H groups in total. The van der Waals surface area contributed by atoms with Crippen LogP contribution in [-0.2, 0) is 18.9 Å². The summed E-state index contributed by atoms with van der Waals surface area (Å²) in [5, 5.41) is 0. The summed E-state index contributed by atoms with van der Waals surface area (Å²) < 4.78 is 23.5. The third kappa shape index (κ3) is 11.2. The molecule has 0 unspecified atom stereocenters. The maximum absolute atomic E-state index is 6.05. The molecule has 0 aromatic carbocycles. The summed E-state index contributed by atoms with van der Waals surface area (Å²) in [5.41, 5.74) is 0. The first-order chi connectivity index (χ1) is 21.4. The SMILES string of the molecule is CC1CCC(/C=C/C2COC(C3CCC(C)CC3)OC2)CC1.CC1CCC(C2CCC(/C=C/C3OCC(C)CO3)CC2)CC1. The summed E-state index contributed by atoms with van der Waals surface area (Å²) >= 11 is 0. The van der Waals surface area contributed by atoms with Crippen LogP contribution in [0.15, 0.2) is 24.3 Å². The summed E-state index contributed by atoms with van der Waals surface area (Å²) in [7, 11) is 0. The Morgan fingerprint density at radius 3 is 1.25 bits per heavy atom. The molecule has 2 aliphatic heterocycles. The molecule has 4 heteroatoms. The van der Waals surface area contributed by atoms with Crippen LogP contribution in [0.2, 0.25) is 0 Å². The molecule has 0 amide bonds. The monoisotopic (exact) mass is 613 g/mol. The van der Waals surface area contributed by atoms with Crippen LogP contribution in [0.3, 0.4) is 0 Å². The fraction of sp³-hybridized carbons (Fsp3) is 0.900. The number of ether oxygens (including phenoxy) is 4. The Labute approximate surface area is 271 Å². The lowest BCUT2D eigenvalue weighted by Crippen LogP contribution is -2.37. The molecular weight excluding hydrogens is 544 g/mol. The Balaban J connectivity index is 0.000000175.